The van der Waals surface area contributed by atoms with Gasteiger partial charge in [-0.15, -0.1) is 0 Å². The summed E-state index contributed by atoms with van der Waals surface area (Å²) >= 11 is 0. The van der Waals surface area contributed by atoms with E-state index in [9.17, 15) is 34.2 Å². The number of amides is 4. The minimum absolute atomic E-state index is 0.0413. The maximum atomic E-state index is 14.8. The monoisotopic (exact) mass is 965 g/mol. The highest BCUT2D eigenvalue weighted by molar-refractivity contribution is 5.96. The number of likely N-dealkylation sites (tertiary alicyclic amines) is 1. The Morgan fingerprint density at radius 3 is 2.50 bits per heavy atom. The Labute approximate surface area is 411 Å². The van der Waals surface area contributed by atoms with Gasteiger partial charge < -0.3 is 44.7 Å². The number of hydrogen-bond acceptors (Lipinski definition) is 12. The van der Waals surface area contributed by atoms with E-state index in [1.54, 1.807) is 58.3 Å². The van der Waals surface area contributed by atoms with Crippen LogP contribution in [0, 0.1) is 17.3 Å². The molecule has 0 saturated carbocycles. The van der Waals surface area contributed by atoms with Crippen molar-refractivity contribution in [1.82, 2.24) is 40.4 Å². The molecule has 2 saturated heterocycles. The van der Waals surface area contributed by atoms with Crippen molar-refractivity contribution in [1.29, 1.82) is 0 Å². The molecule has 0 aliphatic carbocycles. The summed E-state index contributed by atoms with van der Waals surface area (Å²) in [6, 6.07) is 12.9. The molecule has 4 amide bonds. The van der Waals surface area contributed by atoms with Gasteiger partial charge in [0.1, 0.15) is 17.8 Å². The fourth-order valence-electron chi connectivity index (χ4n) is 10.4. The number of pyridine rings is 1. The third kappa shape index (κ3) is 10.4. The number of benzene rings is 2. The van der Waals surface area contributed by atoms with Crippen LogP contribution in [0.2, 0.25) is 0 Å². The number of aryl methyl sites for hydroxylation is 1. The minimum atomic E-state index is -2.27. The first-order chi connectivity index (χ1) is 33.0. The van der Waals surface area contributed by atoms with Crippen LogP contribution in [0.25, 0.3) is 33.3 Å². The predicted octanol–water partition coefficient (Wildman–Crippen LogP) is 5.10. The molecule has 0 spiro atoms. The Kier molecular flexibility index (Phi) is 15.2. The van der Waals surface area contributed by atoms with Gasteiger partial charge in [0.25, 0.3) is 5.91 Å². The van der Waals surface area contributed by atoms with Crippen molar-refractivity contribution < 1.29 is 43.7 Å². The molecule has 378 valence electrons. The first-order valence-corrected chi connectivity index (χ1v) is 24.5. The van der Waals surface area contributed by atoms with Crippen LogP contribution >= 0.6 is 0 Å². The summed E-state index contributed by atoms with van der Waals surface area (Å²) < 4.78 is 14.0. The van der Waals surface area contributed by atoms with E-state index in [0.29, 0.717) is 37.1 Å². The summed E-state index contributed by atoms with van der Waals surface area (Å²) in [6.45, 7) is 16.5. The average Bonchev–Trinajstić information content (AvgIpc) is 3.94. The van der Waals surface area contributed by atoms with Crippen LogP contribution in [-0.2, 0) is 52.8 Å². The number of nitrogens with one attached hydrogen (secondary N) is 3. The summed E-state index contributed by atoms with van der Waals surface area (Å²) in [7, 11) is 4.93. The number of hydrogen-bond donors (Lipinski definition) is 5. The Balaban J connectivity index is 1.30. The summed E-state index contributed by atoms with van der Waals surface area (Å²) in [5.41, 5.74) is 5.58. The number of likely N-dealkylation sites (N-methyl/N-ethyl adjacent to an activating group) is 2. The van der Waals surface area contributed by atoms with Crippen LogP contribution in [0.5, 0.6) is 5.75 Å². The second kappa shape index (κ2) is 20.5. The van der Waals surface area contributed by atoms with Crippen molar-refractivity contribution in [3.8, 4) is 28.1 Å². The number of fused-ring (bicyclic) bond motifs is 6. The fraction of sp³-hybridized carbons (Fsp3) is 0.547. The molecule has 7 rings (SSSR count). The molecule has 0 unspecified atom stereocenters. The molecule has 4 aromatic rings. The molecular weight excluding hydrogens is 893 g/mol. The van der Waals surface area contributed by atoms with Gasteiger partial charge in [0.05, 0.1) is 35.6 Å². The number of rotatable bonds is 11. The number of cyclic esters (lactones) is 1. The number of ether oxygens (including phenoxy) is 2. The number of aromatic nitrogens is 2. The predicted molar refractivity (Wildman–Crippen MR) is 266 cm³/mol. The molecule has 17 heteroatoms. The third-order valence-corrected chi connectivity index (χ3v) is 14.4. The molecule has 6 bridgehead atoms. The maximum absolute atomic E-state index is 14.8. The molecule has 0 radical (unpaired) electrons. The molecule has 2 aromatic heterocycles. The third-order valence-electron chi connectivity index (χ3n) is 14.4. The number of esters is 1. The van der Waals surface area contributed by atoms with Gasteiger partial charge in [0, 0.05) is 81.3 Å². The lowest BCUT2D eigenvalue weighted by Gasteiger charge is -2.40. The van der Waals surface area contributed by atoms with Crippen LogP contribution < -0.4 is 16.1 Å². The SMILES string of the molecule is CCn1c(-c2cccnc2[C@H](C)OC)c2c3cc(ccc31)-c1cc(O)cc(c1)C[C@H](NC(=O)[C@H](C(C)C)N(C)C(=O)[C@H]1CCN(C(=O)C(C)(C)NC)C1)C(=O)N1CCC[C@@](O)(N1)C(=O)OCC(C)(C)C2. The average molecular weight is 965 g/mol. The van der Waals surface area contributed by atoms with E-state index >= 15 is 0 Å². The van der Waals surface area contributed by atoms with E-state index < -0.39 is 58.4 Å². The van der Waals surface area contributed by atoms with E-state index in [-0.39, 0.29) is 62.6 Å². The summed E-state index contributed by atoms with van der Waals surface area (Å²) in [4.78, 5) is 78.8. The summed E-state index contributed by atoms with van der Waals surface area (Å²) in [6.07, 6.45) is 2.41. The van der Waals surface area contributed by atoms with Crippen molar-refractivity contribution in [2.75, 3.05) is 47.4 Å². The van der Waals surface area contributed by atoms with Gasteiger partial charge in [-0.3, -0.25) is 29.2 Å². The molecule has 3 aliphatic heterocycles. The van der Waals surface area contributed by atoms with Crippen molar-refractivity contribution in [2.24, 2.45) is 17.3 Å². The molecule has 5 heterocycles. The van der Waals surface area contributed by atoms with Gasteiger partial charge in [-0.1, -0.05) is 39.8 Å². The lowest BCUT2D eigenvalue weighted by atomic mass is 9.84. The number of phenolic OH excluding ortho intramolecular Hbond substituents is 1. The van der Waals surface area contributed by atoms with E-state index in [2.05, 4.69) is 39.7 Å². The number of carbonyl (C=O) groups excluding carboxylic acids is 5. The Morgan fingerprint density at radius 2 is 1.81 bits per heavy atom. The zero-order valence-corrected chi connectivity index (χ0v) is 42.6. The highest BCUT2D eigenvalue weighted by Crippen LogP contribution is 2.42. The number of phenols is 1. The quantitative estimate of drug-likeness (QED) is 0.125. The molecule has 3 aliphatic rings. The molecule has 2 fully saturated rings. The van der Waals surface area contributed by atoms with Crippen LogP contribution in [0.3, 0.4) is 0 Å². The number of hydrazine groups is 1. The number of aromatic hydroxyl groups is 1. The van der Waals surface area contributed by atoms with Crippen molar-refractivity contribution in [3.63, 3.8) is 0 Å². The van der Waals surface area contributed by atoms with E-state index in [4.69, 9.17) is 14.5 Å². The van der Waals surface area contributed by atoms with Crippen molar-refractivity contribution >= 4 is 40.5 Å². The van der Waals surface area contributed by atoms with Crippen molar-refractivity contribution in [3.05, 3.63) is 71.5 Å². The standard InChI is InChI=1S/C53H72N8O9/c1-12-60-42-17-16-34-27-39(42)40(45(60)38-15-13-20-55-43(38)32(4)69-11)28-51(5,6)30-70-50(67)53(68)19-14-21-61(57-53)48(65)41(25-33-23-36(34)26-37(62)24-33)56-46(63)44(31(2)3)58(10)47(64)35-18-22-59(29-35)49(66)52(7,8)54-9/h13,15-17,20,23-24,26-27,31-32,35,41,44,54,57,62,68H,12,14,18-19,21-22,25,28-30H2,1-11H3,(H,56,63)/t32-,35-,41-,44-,53-/m0/s1. The van der Waals surface area contributed by atoms with Crippen LogP contribution in [-0.4, -0.2) is 135 Å². The molecule has 2 aromatic carbocycles. The number of carbonyl (C=O) groups is 5. The molecular formula is C53H72N8O9. The number of aliphatic hydroxyl groups is 1. The lowest BCUT2D eigenvalue weighted by Crippen LogP contribution is -2.67. The van der Waals surface area contributed by atoms with E-state index in [0.717, 1.165) is 44.0 Å². The molecule has 70 heavy (non-hydrogen) atoms. The molecule has 5 N–H and O–H groups in total. The first kappa shape index (κ1) is 52.0. The van der Waals surface area contributed by atoms with Crippen molar-refractivity contribution in [2.45, 2.75) is 123 Å². The maximum Gasteiger partial charge on any atom is 0.355 e. The van der Waals surface area contributed by atoms with Gasteiger partial charge in [0.15, 0.2) is 0 Å². The first-order valence-electron chi connectivity index (χ1n) is 24.5. The second-order valence-electron chi connectivity index (χ2n) is 21.0. The smallest absolute Gasteiger partial charge is 0.355 e. The topological polar surface area (TPSA) is 208 Å². The minimum Gasteiger partial charge on any atom is -0.508 e. The summed E-state index contributed by atoms with van der Waals surface area (Å²) in [5, 5.41) is 31.4. The van der Waals surface area contributed by atoms with Crippen LogP contribution in [0.4, 0.5) is 0 Å². The summed E-state index contributed by atoms with van der Waals surface area (Å²) in [5.74, 6) is -3.58. The Morgan fingerprint density at radius 1 is 1.07 bits per heavy atom. The van der Waals surface area contributed by atoms with E-state index in [1.807, 2.05) is 58.9 Å². The van der Waals surface area contributed by atoms with Gasteiger partial charge in [0.2, 0.25) is 23.4 Å². The normalized spacial score (nSPS) is 21.8. The van der Waals surface area contributed by atoms with Gasteiger partial charge in [-0.2, -0.15) is 5.43 Å². The largest absolute Gasteiger partial charge is 0.508 e. The highest BCUT2D eigenvalue weighted by Gasteiger charge is 2.46. The number of methoxy groups -OCH3 is 1. The Hall–Kier alpha value is -5.88. The van der Waals surface area contributed by atoms with Gasteiger partial charge in [-0.05, 0) is 119 Å². The van der Waals surface area contributed by atoms with Crippen LogP contribution in [0.15, 0.2) is 54.7 Å². The fourth-order valence-corrected chi connectivity index (χ4v) is 10.4. The number of nitrogens with zero attached hydrogens (tertiary/aromatic N) is 5. The zero-order valence-electron chi connectivity index (χ0n) is 42.6. The Bertz CT molecular complexity index is 2640. The lowest BCUT2D eigenvalue weighted by molar-refractivity contribution is -0.189. The van der Waals surface area contributed by atoms with Gasteiger partial charge in [-0.25, -0.2) is 4.79 Å². The highest BCUT2D eigenvalue weighted by atomic mass is 16.6. The van der Waals surface area contributed by atoms with Crippen LogP contribution in [0.1, 0.15) is 97.6 Å². The second-order valence-corrected chi connectivity index (χ2v) is 21.0. The molecule has 17 nitrogen and oxygen atoms in total. The van der Waals surface area contributed by atoms with E-state index in [1.165, 1.54) is 4.90 Å². The van der Waals surface area contributed by atoms with Gasteiger partial charge >= 0.3 is 5.97 Å². The zero-order chi connectivity index (χ0) is 51.0. The molecule has 5 atom stereocenters.